The molecule has 25 heteroatoms. The summed E-state index contributed by atoms with van der Waals surface area (Å²) in [7, 11) is -5.99. The van der Waals surface area contributed by atoms with Gasteiger partial charge in [0.05, 0.1) is 56.6 Å². The first-order valence-electron chi connectivity index (χ1n) is 23.5. The number of aryl methyl sites for hydroxylation is 3. The van der Waals surface area contributed by atoms with Gasteiger partial charge in [-0.15, -0.1) is 14.2 Å². The van der Waals surface area contributed by atoms with Crippen LogP contribution in [0.1, 0.15) is 44.9 Å². The molecule has 2 N–H and O–H groups in total. The number of benzene rings is 4. The molecular weight excluding hydrogens is 1050 g/mol. The van der Waals surface area contributed by atoms with E-state index < -0.39 is 32.5 Å². The Morgan fingerprint density at radius 3 is 1.42 bits per heavy atom. The van der Waals surface area contributed by atoms with Crippen molar-refractivity contribution in [2.45, 2.75) is 52.6 Å². The van der Waals surface area contributed by atoms with Gasteiger partial charge in [0.25, 0.3) is 16.7 Å². The lowest BCUT2D eigenvalue weighted by Gasteiger charge is -2.15. The fourth-order valence-corrected chi connectivity index (χ4v) is 8.05. The molecule has 0 atom stereocenters. The summed E-state index contributed by atoms with van der Waals surface area (Å²) in [5.74, 6) is -0.984. The van der Waals surface area contributed by atoms with Crippen LogP contribution in [0.2, 0.25) is 0 Å². The maximum absolute atomic E-state index is 12.8. The van der Waals surface area contributed by atoms with E-state index in [1.165, 1.54) is 30.4 Å². The monoisotopic (exact) mass is 1100 g/mol. The van der Waals surface area contributed by atoms with Gasteiger partial charge in [0, 0.05) is 18.7 Å². The number of halogens is 3. The lowest BCUT2D eigenvalue weighted by atomic mass is 10.1. The van der Waals surface area contributed by atoms with Crippen LogP contribution in [0.25, 0.3) is 33.1 Å². The Labute approximate surface area is 446 Å². The second-order valence-corrected chi connectivity index (χ2v) is 18.4. The van der Waals surface area contributed by atoms with Gasteiger partial charge in [0.15, 0.2) is 22.7 Å². The van der Waals surface area contributed by atoms with Crippen molar-refractivity contribution >= 4 is 48.9 Å². The van der Waals surface area contributed by atoms with Crippen molar-refractivity contribution < 1.29 is 45.4 Å². The standard InChI is InChI=1S/C23H19N5O2.C16H12F3N3O5S.C15H13N3O3/c1-16-22-20(25-13-18-9-7-17(12-24)8-10-18)11-21(29)28(23(22)27-15-26-16)30-14-19-5-3-2-4-6-19;1-10-14-12(27-28(24,25)16(17,18)19)7-13(23)22(15(14)21-9-20-10)26-8-11-5-3-2-4-6-11;1-10-14-12(19)7-13(20)18(15(14)17-9-16-10)21-8-11-5-3-2-4-6-11/h2-11,15,25H,13-14H2,1H3;2-7,9H,8H2,1H3;2-7,9,19H,8H2,1H3. The highest BCUT2D eigenvalue weighted by atomic mass is 32.2. The average Bonchev–Trinajstić information content (AvgIpc) is 3.58. The third kappa shape index (κ3) is 13.1. The van der Waals surface area contributed by atoms with Gasteiger partial charge in [0.1, 0.15) is 44.6 Å². The van der Waals surface area contributed by atoms with Crippen LogP contribution in [0, 0.1) is 32.1 Å². The number of nitrogens with one attached hydrogen (secondary N) is 1. The van der Waals surface area contributed by atoms with Gasteiger partial charge in [0.2, 0.25) is 0 Å². The number of alkyl halides is 3. The minimum atomic E-state index is -5.99. The first kappa shape index (κ1) is 55.0. The second-order valence-electron chi connectivity index (χ2n) is 16.9. The molecule has 0 aliphatic carbocycles. The molecule has 0 amide bonds. The van der Waals surface area contributed by atoms with Crippen molar-refractivity contribution in [3.8, 4) is 17.6 Å². The number of anilines is 1. The summed E-state index contributed by atoms with van der Waals surface area (Å²) in [6.07, 6.45) is 3.81. The van der Waals surface area contributed by atoms with E-state index in [1.54, 1.807) is 49.4 Å². The molecule has 6 aromatic heterocycles. The molecule has 10 rings (SSSR count). The summed E-state index contributed by atoms with van der Waals surface area (Å²) in [5.41, 5.74) is -0.771. The lowest BCUT2D eigenvalue weighted by molar-refractivity contribution is -0.0499. The number of nitrogens with zero attached hydrogens (tertiary/aromatic N) is 10. The Bertz CT molecular complexity index is 4150. The molecule has 0 saturated carbocycles. The first-order chi connectivity index (χ1) is 37.9. The van der Waals surface area contributed by atoms with E-state index in [2.05, 4.69) is 45.5 Å². The molecule has 4 aromatic carbocycles. The van der Waals surface area contributed by atoms with Gasteiger partial charge >= 0.3 is 15.6 Å². The number of aromatic hydroxyl groups is 1. The fourth-order valence-electron chi connectivity index (χ4n) is 7.59. The maximum Gasteiger partial charge on any atom is 0.534 e. The predicted molar refractivity (Wildman–Crippen MR) is 282 cm³/mol. The molecular formula is C54H44F3N11O10S. The molecule has 10 aromatic rings. The van der Waals surface area contributed by atoms with Crippen molar-refractivity contribution in [3.63, 3.8) is 0 Å². The molecule has 21 nitrogen and oxygen atoms in total. The van der Waals surface area contributed by atoms with E-state index >= 15 is 0 Å². The largest absolute Gasteiger partial charge is 0.534 e. The van der Waals surface area contributed by atoms with E-state index in [0.29, 0.717) is 46.2 Å². The number of fused-ring (bicyclic) bond motifs is 3. The van der Waals surface area contributed by atoms with Crippen molar-refractivity contribution in [2.75, 3.05) is 5.32 Å². The molecule has 0 radical (unpaired) electrons. The number of nitriles is 1. The Hall–Kier alpha value is -10.2. The van der Waals surface area contributed by atoms with Gasteiger partial charge in [-0.3, -0.25) is 14.4 Å². The van der Waals surface area contributed by atoms with E-state index in [9.17, 15) is 41.1 Å². The smallest absolute Gasteiger partial charge is 0.507 e. The fraction of sp³-hybridized carbons (Fsp3) is 0.148. The molecule has 0 saturated heterocycles. The molecule has 0 aliphatic rings. The van der Waals surface area contributed by atoms with Crippen LogP contribution < -0.4 is 40.7 Å². The Balaban J connectivity index is 0.000000158. The van der Waals surface area contributed by atoms with Crippen molar-refractivity contribution in [1.82, 2.24) is 44.1 Å². The molecule has 79 heavy (non-hydrogen) atoms. The zero-order valence-electron chi connectivity index (χ0n) is 41.9. The van der Waals surface area contributed by atoms with Crippen LogP contribution in [-0.4, -0.2) is 63.1 Å². The third-order valence-corrected chi connectivity index (χ3v) is 12.4. The predicted octanol–water partition coefficient (Wildman–Crippen LogP) is 6.60. The average molecular weight is 1100 g/mol. The number of pyridine rings is 3. The van der Waals surface area contributed by atoms with E-state index in [1.807, 2.05) is 79.7 Å². The second kappa shape index (κ2) is 24.2. The summed E-state index contributed by atoms with van der Waals surface area (Å²) in [4.78, 5) is 78.2. The molecule has 0 fully saturated rings. The van der Waals surface area contributed by atoms with Gasteiger partial charge in [-0.1, -0.05) is 103 Å². The normalized spacial score (nSPS) is 11.2. The third-order valence-electron chi connectivity index (χ3n) is 11.4. The molecule has 6 heterocycles. The zero-order chi connectivity index (χ0) is 56.3. The van der Waals surface area contributed by atoms with Crippen LogP contribution in [0.5, 0.6) is 11.5 Å². The number of rotatable bonds is 14. The first-order valence-corrected chi connectivity index (χ1v) is 24.9. The minimum Gasteiger partial charge on any atom is -0.507 e. The summed E-state index contributed by atoms with van der Waals surface area (Å²) >= 11 is 0. The van der Waals surface area contributed by atoms with Crippen molar-refractivity contribution in [3.05, 3.63) is 228 Å². The number of aromatic nitrogens is 9. The molecule has 0 aliphatic heterocycles. The van der Waals surface area contributed by atoms with Crippen LogP contribution in [0.15, 0.2) is 167 Å². The van der Waals surface area contributed by atoms with Crippen molar-refractivity contribution in [1.29, 1.82) is 5.26 Å². The van der Waals surface area contributed by atoms with Gasteiger partial charge < -0.3 is 29.1 Å². The highest BCUT2D eigenvalue weighted by Gasteiger charge is 2.49. The minimum absolute atomic E-state index is 0.0417. The van der Waals surface area contributed by atoms with Crippen molar-refractivity contribution in [2.24, 2.45) is 0 Å². The van der Waals surface area contributed by atoms with Gasteiger partial charge in [-0.25, -0.2) is 29.9 Å². The van der Waals surface area contributed by atoms with Crippen LogP contribution >= 0.6 is 0 Å². The quantitative estimate of drug-likeness (QED) is 0.0857. The van der Waals surface area contributed by atoms with E-state index in [0.717, 1.165) is 49.6 Å². The SMILES string of the molecule is Cc1ncnc2c1c(NCc1ccc(C#N)cc1)cc(=O)n2OCc1ccccc1.Cc1ncnc2c1c(O)cc(=O)n2OCc1ccccc1.Cc1ncnc2c1c(OS(=O)(=O)C(F)(F)F)cc(=O)n2OCc1ccccc1. The van der Waals surface area contributed by atoms with Crippen LogP contribution in [0.4, 0.5) is 18.9 Å². The Morgan fingerprint density at radius 2 is 0.962 bits per heavy atom. The lowest BCUT2D eigenvalue weighted by Crippen LogP contribution is -2.31. The Kier molecular flexibility index (Phi) is 16.8. The molecule has 402 valence electrons. The molecule has 0 spiro atoms. The van der Waals surface area contributed by atoms with E-state index in [4.69, 9.17) is 19.8 Å². The number of hydrogen-bond donors (Lipinski definition) is 2. The van der Waals surface area contributed by atoms with E-state index in [-0.39, 0.29) is 53.5 Å². The Morgan fingerprint density at radius 1 is 0.557 bits per heavy atom. The number of hydrogen-bond acceptors (Lipinski definition) is 18. The molecule has 0 unspecified atom stereocenters. The zero-order valence-corrected chi connectivity index (χ0v) is 42.7. The topological polar surface area (TPSA) is 270 Å². The summed E-state index contributed by atoms with van der Waals surface area (Å²) < 4.78 is 67.9. The maximum atomic E-state index is 12.8. The summed E-state index contributed by atoms with van der Waals surface area (Å²) in [5, 5.41) is 23.0. The van der Waals surface area contributed by atoms with Crippen LogP contribution in [0.3, 0.4) is 0 Å². The van der Waals surface area contributed by atoms with Gasteiger partial charge in [-0.05, 0) is 55.2 Å². The molecule has 0 bridgehead atoms. The highest BCUT2D eigenvalue weighted by molar-refractivity contribution is 7.88. The summed E-state index contributed by atoms with van der Waals surface area (Å²) in [6, 6.07) is 40.4. The van der Waals surface area contributed by atoms with Gasteiger partial charge in [-0.2, -0.15) is 26.9 Å². The van der Waals surface area contributed by atoms with Crippen LogP contribution in [-0.2, 0) is 36.5 Å². The summed E-state index contributed by atoms with van der Waals surface area (Å²) in [6.45, 7) is 5.91. The highest BCUT2D eigenvalue weighted by Crippen LogP contribution is 2.31.